The number of imidazole rings is 1. The van der Waals surface area contributed by atoms with E-state index in [0.717, 1.165) is 22.2 Å². The van der Waals surface area contributed by atoms with Crippen molar-refractivity contribution >= 4 is 17.4 Å². The topological polar surface area (TPSA) is 79.1 Å². The van der Waals surface area contributed by atoms with E-state index in [9.17, 15) is 5.11 Å². The summed E-state index contributed by atoms with van der Waals surface area (Å²) in [7, 11) is 0. The Hall–Kier alpha value is -1.86. The van der Waals surface area contributed by atoms with E-state index in [0.29, 0.717) is 5.16 Å². The van der Waals surface area contributed by atoms with Gasteiger partial charge in [-0.05, 0) is 30.8 Å². The monoisotopic (exact) mass is 261 g/mol. The number of hydrogen-bond acceptors (Lipinski definition) is 5. The fourth-order valence-electron chi connectivity index (χ4n) is 1.70. The van der Waals surface area contributed by atoms with Crippen molar-refractivity contribution < 1.29 is 5.11 Å². The van der Waals surface area contributed by atoms with Crippen molar-refractivity contribution in [1.82, 2.24) is 24.6 Å². The molecule has 0 spiro atoms. The van der Waals surface area contributed by atoms with Gasteiger partial charge in [-0.3, -0.25) is 5.10 Å². The molecule has 3 rings (SSSR count). The van der Waals surface area contributed by atoms with Gasteiger partial charge in [0, 0.05) is 6.20 Å². The van der Waals surface area contributed by atoms with Gasteiger partial charge in [-0.25, -0.2) is 9.97 Å². The summed E-state index contributed by atoms with van der Waals surface area (Å²) < 4.78 is 1.86. The van der Waals surface area contributed by atoms with E-state index >= 15 is 0 Å². The number of fused-ring (bicyclic) bond motifs is 1. The summed E-state index contributed by atoms with van der Waals surface area (Å²) in [6, 6.07) is 5.71. The van der Waals surface area contributed by atoms with Gasteiger partial charge in [0.1, 0.15) is 16.5 Å². The van der Waals surface area contributed by atoms with E-state index in [1.54, 1.807) is 0 Å². The Morgan fingerprint density at radius 2 is 2.28 bits per heavy atom. The molecule has 0 bridgehead atoms. The summed E-state index contributed by atoms with van der Waals surface area (Å²) in [5.74, 6) is 0.756. The number of nitrogens with one attached hydrogen (secondary N) is 1. The minimum atomic E-state index is -0.0725. The lowest BCUT2D eigenvalue weighted by atomic mass is 10.4. The molecule has 2 N–H and O–H groups in total. The first-order valence-electron chi connectivity index (χ1n) is 5.41. The van der Waals surface area contributed by atoms with Crippen LogP contribution in [0.1, 0.15) is 11.5 Å². The molecule has 18 heavy (non-hydrogen) atoms. The fraction of sp³-hybridized carbons (Fsp3) is 0.182. The number of aliphatic hydroxyl groups excluding tert-OH is 1. The Morgan fingerprint density at radius 3 is 3.00 bits per heavy atom. The van der Waals surface area contributed by atoms with Crippen LogP contribution in [0.15, 0.2) is 34.6 Å². The summed E-state index contributed by atoms with van der Waals surface area (Å²) in [5, 5.41) is 17.6. The van der Waals surface area contributed by atoms with Crippen LogP contribution in [0.4, 0.5) is 0 Å². The van der Waals surface area contributed by atoms with Gasteiger partial charge in [0.25, 0.3) is 0 Å². The molecule has 7 heteroatoms. The molecule has 0 radical (unpaired) electrons. The molecule has 0 aliphatic rings. The highest BCUT2D eigenvalue weighted by molar-refractivity contribution is 7.99. The second-order valence-electron chi connectivity index (χ2n) is 3.76. The van der Waals surface area contributed by atoms with Crippen molar-refractivity contribution in [2.45, 2.75) is 23.7 Å². The quantitative estimate of drug-likeness (QED) is 0.745. The highest BCUT2D eigenvalue weighted by Crippen LogP contribution is 2.28. The highest BCUT2D eigenvalue weighted by Gasteiger charge is 2.14. The van der Waals surface area contributed by atoms with E-state index in [2.05, 4.69) is 20.2 Å². The summed E-state index contributed by atoms with van der Waals surface area (Å²) in [6.07, 6.45) is 1.88. The molecular weight excluding hydrogens is 250 g/mol. The third-order valence-corrected chi connectivity index (χ3v) is 3.39. The molecule has 0 saturated carbocycles. The summed E-state index contributed by atoms with van der Waals surface area (Å²) in [5.41, 5.74) is 1.55. The third-order valence-electron chi connectivity index (χ3n) is 2.51. The van der Waals surface area contributed by atoms with Crippen molar-refractivity contribution in [3.8, 4) is 0 Å². The number of aryl methyl sites for hydroxylation is 1. The van der Waals surface area contributed by atoms with Crippen LogP contribution in [-0.2, 0) is 6.61 Å². The lowest BCUT2D eigenvalue weighted by Gasteiger charge is -1.98. The van der Waals surface area contributed by atoms with E-state index in [4.69, 9.17) is 0 Å². The molecule has 0 aliphatic heterocycles. The fourth-order valence-corrected chi connectivity index (χ4v) is 2.57. The Labute approximate surface area is 107 Å². The molecule has 0 amide bonds. The minimum absolute atomic E-state index is 0.0725. The number of aliphatic hydroxyl groups is 1. The van der Waals surface area contributed by atoms with Crippen LogP contribution in [0.3, 0.4) is 0 Å². The van der Waals surface area contributed by atoms with Gasteiger partial charge in [-0.15, -0.1) is 5.10 Å². The molecule has 0 unspecified atom stereocenters. The van der Waals surface area contributed by atoms with Gasteiger partial charge in [0.05, 0.1) is 12.3 Å². The molecule has 0 atom stereocenters. The number of nitrogens with zero attached hydrogens (tertiary/aromatic N) is 4. The van der Waals surface area contributed by atoms with Crippen LogP contribution in [0.2, 0.25) is 0 Å². The zero-order valence-electron chi connectivity index (χ0n) is 9.66. The summed E-state index contributed by atoms with van der Waals surface area (Å²) in [6.45, 7) is 1.77. The molecule has 0 fully saturated rings. The Kier molecular flexibility index (Phi) is 2.77. The Bertz CT molecular complexity index is 690. The number of H-pyrrole nitrogens is 1. The van der Waals surface area contributed by atoms with Crippen LogP contribution in [-0.4, -0.2) is 29.7 Å². The van der Waals surface area contributed by atoms with Crippen molar-refractivity contribution in [1.29, 1.82) is 0 Å². The molecule has 0 aliphatic carbocycles. The standard InChI is InChI=1S/C11H11N5OS/c1-7-12-11(15-14-7)18-10-8(6-17)16-5-3-2-4-9(16)13-10/h2-5,17H,6H2,1H3,(H,12,14,15). The zero-order valence-corrected chi connectivity index (χ0v) is 10.5. The molecule has 3 heterocycles. The van der Waals surface area contributed by atoms with Crippen molar-refractivity contribution in [2.24, 2.45) is 0 Å². The number of aromatic nitrogens is 5. The maximum absolute atomic E-state index is 9.47. The zero-order chi connectivity index (χ0) is 12.5. The van der Waals surface area contributed by atoms with Crippen molar-refractivity contribution in [2.75, 3.05) is 0 Å². The molecule has 3 aromatic rings. The maximum atomic E-state index is 9.47. The minimum Gasteiger partial charge on any atom is -0.390 e. The number of pyridine rings is 1. The van der Waals surface area contributed by atoms with Gasteiger partial charge >= 0.3 is 0 Å². The highest BCUT2D eigenvalue weighted by atomic mass is 32.2. The largest absolute Gasteiger partial charge is 0.390 e. The molecular formula is C11H11N5OS. The first-order valence-corrected chi connectivity index (χ1v) is 6.23. The third kappa shape index (κ3) is 1.87. The predicted octanol–water partition coefficient (Wildman–Crippen LogP) is 1.40. The maximum Gasteiger partial charge on any atom is 0.214 e. The number of rotatable bonds is 3. The second kappa shape index (κ2) is 4.43. The normalized spacial score (nSPS) is 11.2. The lowest BCUT2D eigenvalue weighted by Crippen LogP contribution is -1.92. The van der Waals surface area contributed by atoms with Gasteiger partial charge in [-0.1, -0.05) is 6.07 Å². The van der Waals surface area contributed by atoms with Gasteiger partial charge in [0.15, 0.2) is 0 Å². The van der Waals surface area contributed by atoms with Crippen LogP contribution < -0.4 is 0 Å². The molecule has 6 nitrogen and oxygen atoms in total. The van der Waals surface area contributed by atoms with Crippen LogP contribution >= 0.6 is 11.8 Å². The van der Waals surface area contributed by atoms with Gasteiger partial charge < -0.3 is 9.51 Å². The van der Waals surface area contributed by atoms with Crippen molar-refractivity contribution in [3.05, 3.63) is 35.9 Å². The van der Waals surface area contributed by atoms with Gasteiger partial charge in [-0.2, -0.15) is 0 Å². The lowest BCUT2D eigenvalue weighted by molar-refractivity contribution is 0.272. The first-order chi connectivity index (χ1) is 8.78. The smallest absolute Gasteiger partial charge is 0.214 e. The average Bonchev–Trinajstić information content (AvgIpc) is 2.92. The summed E-state index contributed by atoms with van der Waals surface area (Å²) in [4.78, 5) is 8.68. The number of hydrogen-bond donors (Lipinski definition) is 2. The molecule has 92 valence electrons. The SMILES string of the molecule is Cc1nc(Sc2nc3ccccn3c2CO)n[nH]1. The van der Waals surface area contributed by atoms with Crippen molar-refractivity contribution in [3.63, 3.8) is 0 Å². The first kappa shape index (κ1) is 11.2. The van der Waals surface area contributed by atoms with Gasteiger partial charge in [0.2, 0.25) is 5.16 Å². The second-order valence-corrected chi connectivity index (χ2v) is 4.71. The Balaban J connectivity index is 2.05. The molecule has 3 aromatic heterocycles. The van der Waals surface area contributed by atoms with Crippen LogP contribution in [0.5, 0.6) is 0 Å². The van der Waals surface area contributed by atoms with E-state index in [-0.39, 0.29) is 6.61 Å². The van der Waals surface area contributed by atoms with E-state index in [1.807, 2.05) is 35.7 Å². The average molecular weight is 261 g/mol. The molecule has 0 aromatic carbocycles. The van der Waals surface area contributed by atoms with E-state index in [1.165, 1.54) is 11.8 Å². The predicted molar refractivity (Wildman–Crippen MR) is 66.4 cm³/mol. The number of aromatic amines is 1. The van der Waals surface area contributed by atoms with Crippen LogP contribution in [0, 0.1) is 6.92 Å². The molecule has 0 saturated heterocycles. The van der Waals surface area contributed by atoms with E-state index < -0.39 is 0 Å². The summed E-state index contributed by atoms with van der Waals surface area (Å²) >= 11 is 1.34. The van der Waals surface area contributed by atoms with Crippen LogP contribution in [0.25, 0.3) is 5.65 Å². The Morgan fingerprint density at radius 1 is 1.39 bits per heavy atom.